The van der Waals surface area contributed by atoms with Crippen LogP contribution in [0, 0.1) is 5.92 Å². The number of amides is 1. The van der Waals surface area contributed by atoms with Crippen LogP contribution in [0.1, 0.15) is 26.2 Å². The summed E-state index contributed by atoms with van der Waals surface area (Å²) in [6, 6.07) is 0. The molecule has 0 saturated heterocycles. The summed E-state index contributed by atoms with van der Waals surface area (Å²) in [5.74, 6) is 0.781. The van der Waals surface area contributed by atoms with Gasteiger partial charge >= 0.3 is 0 Å². The number of allylic oxidation sites excluding steroid dienone is 2. The van der Waals surface area contributed by atoms with Gasteiger partial charge in [0.15, 0.2) is 0 Å². The fourth-order valence-electron chi connectivity index (χ4n) is 1.98. The molecule has 96 valence electrons. The summed E-state index contributed by atoms with van der Waals surface area (Å²) in [5.41, 5.74) is 2.71. The van der Waals surface area contributed by atoms with Crippen LogP contribution in [0.4, 0.5) is 0 Å². The third-order valence-corrected chi connectivity index (χ3v) is 3.33. The summed E-state index contributed by atoms with van der Waals surface area (Å²) in [7, 11) is 3.56. The molecule has 1 amide bonds. The molecule has 1 atom stereocenters. The summed E-state index contributed by atoms with van der Waals surface area (Å²) in [4.78, 5) is 13.0. The molecule has 3 heteroatoms. The Hall–Kier alpha value is -1.09. The zero-order chi connectivity index (χ0) is 12.8. The minimum atomic E-state index is 0.126. The van der Waals surface area contributed by atoms with E-state index < -0.39 is 0 Å². The van der Waals surface area contributed by atoms with Crippen molar-refractivity contribution in [2.24, 2.45) is 5.92 Å². The van der Waals surface area contributed by atoms with E-state index >= 15 is 0 Å². The largest absolute Gasteiger partial charge is 0.348 e. The van der Waals surface area contributed by atoms with Crippen molar-refractivity contribution in [1.29, 1.82) is 0 Å². The predicted molar refractivity (Wildman–Crippen MR) is 71.8 cm³/mol. The van der Waals surface area contributed by atoms with Crippen LogP contribution < -0.4 is 5.32 Å². The Morgan fingerprint density at radius 3 is 2.76 bits per heavy atom. The van der Waals surface area contributed by atoms with Gasteiger partial charge in [-0.05, 0) is 32.1 Å². The van der Waals surface area contributed by atoms with Gasteiger partial charge in [-0.15, -0.1) is 0 Å². The van der Waals surface area contributed by atoms with E-state index in [2.05, 4.69) is 24.9 Å². The van der Waals surface area contributed by atoms with E-state index in [9.17, 15) is 4.79 Å². The summed E-state index contributed by atoms with van der Waals surface area (Å²) in [6.45, 7) is 7.38. The number of nitrogens with one attached hydrogen (secondary N) is 1. The first-order chi connectivity index (χ1) is 8.00. The quantitative estimate of drug-likeness (QED) is 0.740. The van der Waals surface area contributed by atoms with E-state index in [1.807, 2.05) is 0 Å². The molecule has 1 N–H and O–H groups in total. The van der Waals surface area contributed by atoms with E-state index in [4.69, 9.17) is 0 Å². The third kappa shape index (κ3) is 4.73. The predicted octanol–water partition coefficient (Wildman–Crippen LogP) is 1.97. The van der Waals surface area contributed by atoms with Crippen molar-refractivity contribution in [3.8, 4) is 0 Å². The van der Waals surface area contributed by atoms with Crippen molar-refractivity contribution in [3.63, 3.8) is 0 Å². The van der Waals surface area contributed by atoms with Crippen molar-refractivity contribution < 1.29 is 4.79 Å². The molecule has 0 heterocycles. The highest BCUT2D eigenvalue weighted by molar-refractivity contribution is 5.77. The monoisotopic (exact) mass is 236 g/mol. The maximum atomic E-state index is 11.4. The second-order valence-corrected chi connectivity index (χ2v) is 5.07. The molecule has 17 heavy (non-hydrogen) atoms. The lowest BCUT2D eigenvalue weighted by atomic mass is 9.85. The van der Waals surface area contributed by atoms with Gasteiger partial charge in [0.25, 0.3) is 0 Å². The first-order valence-electron chi connectivity index (χ1n) is 6.25. The van der Waals surface area contributed by atoms with E-state index in [0.29, 0.717) is 12.5 Å². The van der Waals surface area contributed by atoms with Gasteiger partial charge in [0.2, 0.25) is 5.91 Å². The molecule has 0 spiro atoms. The van der Waals surface area contributed by atoms with Gasteiger partial charge in [-0.3, -0.25) is 4.79 Å². The van der Waals surface area contributed by atoms with Crippen LogP contribution in [0.2, 0.25) is 0 Å². The number of likely N-dealkylation sites (N-methyl/N-ethyl adjacent to an activating group) is 1. The van der Waals surface area contributed by atoms with Crippen LogP contribution in [-0.4, -0.2) is 38.0 Å². The Bertz CT molecular complexity index is 318. The molecule has 0 aromatic carbocycles. The highest BCUT2D eigenvalue weighted by Crippen LogP contribution is 2.27. The Labute approximate surface area is 105 Å². The molecule has 0 aromatic heterocycles. The lowest BCUT2D eigenvalue weighted by molar-refractivity contribution is -0.127. The smallest absolute Gasteiger partial charge is 0.236 e. The molecule has 1 rings (SSSR count). The fraction of sp³-hybridized carbons (Fsp3) is 0.643. The molecule has 0 radical (unpaired) electrons. The van der Waals surface area contributed by atoms with Crippen molar-refractivity contribution >= 4 is 5.91 Å². The van der Waals surface area contributed by atoms with Gasteiger partial charge in [-0.25, -0.2) is 0 Å². The van der Waals surface area contributed by atoms with E-state index in [1.165, 1.54) is 17.6 Å². The lowest BCUT2D eigenvalue weighted by Gasteiger charge is -2.22. The Kier molecular flexibility index (Phi) is 5.42. The molecule has 1 aliphatic rings. The maximum absolute atomic E-state index is 11.4. The average Bonchev–Trinajstić information content (AvgIpc) is 2.29. The van der Waals surface area contributed by atoms with Crippen LogP contribution in [-0.2, 0) is 4.79 Å². The molecule has 3 nitrogen and oxygen atoms in total. The minimum Gasteiger partial charge on any atom is -0.348 e. The maximum Gasteiger partial charge on any atom is 0.236 e. The van der Waals surface area contributed by atoms with Gasteiger partial charge in [0.05, 0.1) is 6.54 Å². The van der Waals surface area contributed by atoms with Gasteiger partial charge in [0.1, 0.15) is 0 Å². The van der Waals surface area contributed by atoms with E-state index in [1.54, 1.807) is 19.0 Å². The normalized spacial score (nSPS) is 19.7. The SMILES string of the molecule is C=C(C)C1CC=C(CNCC(=O)N(C)C)CC1. The van der Waals surface area contributed by atoms with Crippen LogP contribution in [0.15, 0.2) is 23.8 Å². The number of hydrogen-bond acceptors (Lipinski definition) is 2. The second-order valence-electron chi connectivity index (χ2n) is 5.07. The van der Waals surface area contributed by atoms with Crippen LogP contribution >= 0.6 is 0 Å². The van der Waals surface area contributed by atoms with Crippen LogP contribution in [0.25, 0.3) is 0 Å². The summed E-state index contributed by atoms with van der Waals surface area (Å²) in [5, 5.41) is 3.20. The Morgan fingerprint density at radius 1 is 1.59 bits per heavy atom. The fourth-order valence-corrected chi connectivity index (χ4v) is 1.98. The highest BCUT2D eigenvalue weighted by atomic mass is 16.2. The molecular weight excluding hydrogens is 212 g/mol. The van der Waals surface area contributed by atoms with Crippen molar-refractivity contribution in [2.75, 3.05) is 27.2 Å². The molecule has 0 saturated carbocycles. The zero-order valence-electron chi connectivity index (χ0n) is 11.3. The minimum absolute atomic E-state index is 0.126. The number of rotatable bonds is 5. The molecule has 0 aliphatic heterocycles. The average molecular weight is 236 g/mol. The number of carbonyl (C=O) groups excluding carboxylic acids is 1. The van der Waals surface area contributed by atoms with Gasteiger partial charge < -0.3 is 10.2 Å². The van der Waals surface area contributed by atoms with Gasteiger partial charge in [-0.2, -0.15) is 0 Å². The second kappa shape index (κ2) is 6.60. The van der Waals surface area contributed by atoms with Crippen molar-refractivity contribution in [2.45, 2.75) is 26.2 Å². The Morgan fingerprint density at radius 2 is 2.29 bits per heavy atom. The molecule has 0 fully saturated rings. The first-order valence-corrected chi connectivity index (χ1v) is 6.25. The van der Waals surface area contributed by atoms with Gasteiger partial charge in [-0.1, -0.05) is 23.8 Å². The highest BCUT2D eigenvalue weighted by Gasteiger charge is 2.14. The number of hydrogen-bond donors (Lipinski definition) is 1. The van der Waals surface area contributed by atoms with Crippen LogP contribution in [0.3, 0.4) is 0 Å². The van der Waals surface area contributed by atoms with E-state index in [0.717, 1.165) is 19.4 Å². The van der Waals surface area contributed by atoms with Crippen LogP contribution in [0.5, 0.6) is 0 Å². The van der Waals surface area contributed by atoms with Crippen molar-refractivity contribution in [3.05, 3.63) is 23.8 Å². The standard InChI is InChI=1S/C14H24N2O/c1-11(2)13-7-5-12(6-8-13)9-15-10-14(17)16(3)4/h5,13,15H,1,6-10H2,2-4H3. The zero-order valence-corrected chi connectivity index (χ0v) is 11.3. The molecular formula is C14H24N2O. The summed E-state index contributed by atoms with van der Waals surface area (Å²) < 4.78 is 0. The summed E-state index contributed by atoms with van der Waals surface area (Å²) >= 11 is 0. The molecule has 0 aromatic rings. The summed E-state index contributed by atoms with van der Waals surface area (Å²) in [6.07, 6.45) is 5.73. The van der Waals surface area contributed by atoms with Gasteiger partial charge in [0, 0.05) is 20.6 Å². The topological polar surface area (TPSA) is 32.3 Å². The number of carbonyl (C=O) groups is 1. The lowest BCUT2D eigenvalue weighted by Crippen LogP contribution is -2.34. The first kappa shape index (κ1) is 14.0. The van der Waals surface area contributed by atoms with Crippen molar-refractivity contribution in [1.82, 2.24) is 10.2 Å². The Balaban J connectivity index is 2.26. The molecule has 0 bridgehead atoms. The molecule has 1 unspecified atom stereocenters. The third-order valence-electron chi connectivity index (χ3n) is 3.33. The molecule has 1 aliphatic carbocycles. The van der Waals surface area contributed by atoms with E-state index in [-0.39, 0.29) is 5.91 Å². The number of nitrogens with zero attached hydrogens (tertiary/aromatic N) is 1.